The maximum absolute atomic E-state index is 15.4. The van der Waals surface area contributed by atoms with Crippen LogP contribution in [0.2, 0.25) is 0 Å². The van der Waals surface area contributed by atoms with Crippen LogP contribution < -0.4 is 4.90 Å². The minimum Gasteiger partial charge on any atom is -0.371 e. The summed E-state index contributed by atoms with van der Waals surface area (Å²) in [5.74, 6) is -0.130. The summed E-state index contributed by atoms with van der Waals surface area (Å²) in [4.78, 5) is 14.1. The molecule has 0 saturated carbocycles. The Morgan fingerprint density at radius 2 is 1.96 bits per heavy atom. The smallest absolute Gasteiger partial charge is 0.160 e. The Kier molecular flexibility index (Phi) is 4.75. The summed E-state index contributed by atoms with van der Waals surface area (Å²) in [7, 11) is 0. The molecule has 0 amide bonds. The number of benzene rings is 1. The topological polar surface area (TPSA) is 31.7 Å². The van der Waals surface area contributed by atoms with Crippen LogP contribution in [0.3, 0.4) is 0 Å². The van der Waals surface area contributed by atoms with Crippen LogP contribution in [-0.4, -0.2) is 39.9 Å². The van der Waals surface area contributed by atoms with E-state index in [2.05, 4.69) is 27.8 Å². The number of nitrogens with zero attached hydrogens (tertiary/aromatic N) is 4. The van der Waals surface area contributed by atoms with Crippen molar-refractivity contribution in [2.75, 3.05) is 24.5 Å². The fraction of sp³-hybridized carbons (Fsp3) is 0.455. The molecule has 0 bridgehead atoms. The molecule has 3 atom stereocenters. The molecule has 0 N–H and O–H groups in total. The van der Waals surface area contributed by atoms with Crippen LogP contribution in [-0.2, 0) is 0 Å². The number of rotatable bonds is 3. The minimum absolute atomic E-state index is 0.127. The molecule has 2 aromatic rings. The van der Waals surface area contributed by atoms with Gasteiger partial charge in [-0.1, -0.05) is 30.8 Å². The fourth-order valence-corrected chi connectivity index (χ4v) is 5.65. The molecule has 5 rings (SSSR count). The number of pyridine rings is 1. The number of aromatic nitrogens is 1. The summed E-state index contributed by atoms with van der Waals surface area (Å²) >= 11 is 1.78. The van der Waals surface area contributed by atoms with Crippen LogP contribution in [0.1, 0.15) is 49.5 Å². The molecule has 0 aliphatic carbocycles. The second-order valence-corrected chi connectivity index (χ2v) is 9.30. The van der Waals surface area contributed by atoms with Crippen molar-refractivity contribution in [3.8, 4) is 0 Å². The average molecular weight is 397 g/mol. The van der Waals surface area contributed by atoms with E-state index in [9.17, 15) is 0 Å². The van der Waals surface area contributed by atoms with Crippen molar-refractivity contribution in [3.05, 3.63) is 59.7 Å². The summed E-state index contributed by atoms with van der Waals surface area (Å²) < 4.78 is 15.4. The average Bonchev–Trinajstić information content (AvgIpc) is 3.25. The van der Waals surface area contributed by atoms with Gasteiger partial charge in [-0.25, -0.2) is 4.39 Å². The van der Waals surface area contributed by atoms with Gasteiger partial charge < -0.3 is 9.80 Å². The fourth-order valence-electron chi connectivity index (χ4n) is 4.56. The first-order valence-corrected chi connectivity index (χ1v) is 11.0. The molecule has 2 saturated heterocycles. The van der Waals surface area contributed by atoms with E-state index in [-0.39, 0.29) is 17.9 Å². The standard InChI is InChI=1S/C22H25FN4S/c1-15-14-27-21(20(25-22(27)28-15)19-7-3-4-10-24-19)17-9-8-16(13-18(17)23)26-11-5-2-6-12-26/h3-4,7-10,13,15,20-21H,2,5-6,11-12,14H2,1H3/t15-,20-,21-/m1/s1. The van der Waals surface area contributed by atoms with E-state index in [4.69, 9.17) is 4.99 Å². The third kappa shape index (κ3) is 3.17. The number of hydrogen-bond donors (Lipinski definition) is 0. The van der Waals surface area contributed by atoms with E-state index < -0.39 is 0 Å². The van der Waals surface area contributed by atoms with Gasteiger partial charge in [0.2, 0.25) is 0 Å². The number of piperidine rings is 1. The van der Waals surface area contributed by atoms with Crippen LogP contribution >= 0.6 is 11.8 Å². The lowest BCUT2D eigenvalue weighted by Gasteiger charge is -2.31. The van der Waals surface area contributed by atoms with Crippen LogP contribution in [0.5, 0.6) is 0 Å². The maximum atomic E-state index is 15.4. The van der Waals surface area contributed by atoms with Gasteiger partial charge in [0.1, 0.15) is 11.9 Å². The van der Waals surface area contributed by atoms with E-state index in [0.717, 1.165) is 41.7 Å². The molecule has 0 spiro atoms. The molecule has 1 aromatic heterocycles. The molecule has 3 aliphatic heterocycles. The van der Waals surface area contributed by atoms with Crippen molar-refractivity contribution >= 4 is 22.6 Å². The summed E-state index contributed by atoms with van der Waals surface area (Å²) in [5, 5.41) is 1.49. The van der Waals surface area contributed by atoms with E-state index in [1.807, 2.05) is 24.3 Å². The minimum atomic E-state index is -0.161. The molecule has 146 valence electrons. The number of aliphatic imine (C=N–C) groups is 1. The van der Waals surface area contributed by atoms with Crippen molar-refractivity contribution in [2.24, 2.45) is 4.99 Å². The highest BCUT2D eigenvalue weighted by Gasteiger charge is 2.44. The van der Waals surface area contributed by atoms with Gasteiger partial charge in [-0.3, -0.25) is 9.98 Å². The van der Waals surface area contributed by atoms with E-state index in [0.29, 0.717) is 5.25 Å². The number of anilines is 1. The lowest BCUT2D eigenvalue weighted by atomic mass is 9.95. The lowest BCUT2D eigenvalue weighted by molar-refractivity contribution is 0.313. The number of thioether (sulfide) groups is 1. The highest BCUT2D eigenvalue weighted by atomic mass is 32.2. The zero-order chi connectivity index (χ0) is 19.1. The molecular weight excluding hydrogens is 371 g/mol. The first kappa shape index (κ1) is 18.0. The van der Waals surface area contributed by atoms with Gasteiger partial charge in [0, 0.05) is 42.3 Å². The van der Waals surface area contributed by atoms with Crippen LogP contribution in [0, 0.1) is 5.82 Å². The van der Waals surface area contributed by atoms with Gasteiger partial charge in [-0.15, -0.1) is 0 Å². The number of halogens is 1. The SMILES string of the molecule is C[C@@H]1CN2C(=N[C@H](c3ccccn3)[C@H]2c2ccc(N3CCCCC3)cc2F)S1. The summed E-state index contributed by atoms with van der Waals surface area (Å²) in [5.41, 5.74) is 2.63. The van der Waals surface area contributed by atoms with Crippen LogP contribution in [0.4, 0.5) is 10.1 Å². The molecule has 6 heteroatoms. The van der Waals surface area contributed by atoms with E-state index >= 15 is 4.39 Å². The molecule has 0 unspecified atom stereocenters. The van der Waals surface area contributed by atoms with E-state index in [1.54, 1.807) is 24.0 Å². The number of fused-ring (bicyclic) bond motifs is 1. The lowest BCUT2D eigenvalue weighted by Crippen LogP contribution is -2.31. The molecule has 4 heterocycles. The zero-order valence-corrected chi connectivity index (χ0v) is 16.9. The van der Waals surface area contributed by atoms with E-state index in [1.165, 1.54) is 19.3 Å². The Labute approximate surface area is 169 Å². The van der Waals surface area contributed by atoms with Gasteiger partial charge in [-0.2, -0.15) is 0 Å². The quantitative estimate of drug-likeness (QED) is 0.746. The molecule has 3 aliphatic rings. The first-order valence-electron chi connectivity index (χ1n) is 10.2. The molecule has 4 nitrogen and oxygen atoms in total. The normalized spacial score (nSPS) is 27.1. The van der Waals surface area contributed by atoms with Gasteiger partial charge in [0.25, 0.3) is 0 Å². The second-order valence-electron chi connectivity index (χ2n) is 7.89. The number of amidine groups is 1. The van der Waals surface area contributed by atoms with Crippen molar-refractivity contribution < 1.29 is 4.39 Å². The van der Waals surface area contributed by atoms with Crippen molar-refractivity contribution in [2.45, 2.75) is 43.5 Å². The highest BCUT2D eigenvalue weighted by molar-refractivity contribution is 8.14. The van der Waals surface area contributed by atoms with Crippen LogP contribution in [0.25, 0.3) is 0 Å². The predicted molar refractivity (Wildman–Crippen MR) is 113 cm³/mol. The second kappa shape index (κ2) is 7.39. The molecule has 2 fully saturated rings. The monoisotopic (exact) mass is 396 g/mol. The molecule has 0 radical (unpaired) electrons. The van der Waals surface area contributed by atoms with Crippen molar-refractivity contribution in [3.63, 3.8) is 0 Å². The molecular formula is C22H25FN4S. The third-order valence-corrected chi connectivity index (χ3v) is 7.01. The summed E-state index contributed by atoms with van der Waals surface area (Å²) in [6, 6.07) is 11.4. The Balaban J connectivity index is 1.50. The highest BCUT2D eigenvalue weighted by Crippen LogP contribution is 2.48. The summed E-state index contributed by atoms with van der Waals surface area (Å²) in [6.07, 6.45) is 5.44. The Morgan fingerprint density at radius 3 is 2.71 bits per heavy atom. The Morgan fingerprint density at radius 1 is 1.11 bits per heavy atom. The van der Waals surface area contributed by atoms with Gasteiger partial charge in [0.15, 0.2) is 5.17 Å². The predicted octanol–water partition coefficient (Wildman–Crippen LogP) is 4.80. The van der Waals surface area contributed by atoms with Gasteiger partial charge in [0.05, 0.1) is 11.7 Å². The Bertz CT molecular complexity index is 881. The third-order valence-electron chi connectivity index (χ3n) is 5.91. The molecule has 1 aromatic carbocycles. The molecule has 28 heavy (non-hydrogen) atoms. The maximum Gasteiger partial charge on any atom is 0.160 e. The van der Waals surface area contributed by atoms with Gasteiger partial charge in [-0.05, 0) is 43.5 Å². The van der Waals surface area contributed by atoms with Crippen LogP contribution in [0.15, 0.2) is 47.6 Å². The zero-order valence-electron chi connectivity index (χ0n) is 16.1. The Hall–Kier alpha value is -2.08. The van der Waals surface area contributed by atoms with Crippen molar-refractivity contribution in [1.82, 2.24) is 9.88 Å². The van der Waals surface area contributed by atoms with Crippen molar-refractivity contribution in [1.29, 1.82) is 0 Å². The largest absolute Gasteiger partial charge is 0.371 e. The summed E-state index contributed by atoms with van der Waals surface area (Å²) in [6.45, 7) is 5.14. The first-order chi connectivity index (χ1) is 13.7. The number of hydrogen-bond acceptors (Lipinski definition) is 5. The van der Waals surface area contributed by atoms with Gasteiger partial charge >= 0.3 is 0 Å².